The van der Waals surface area contributed by atoms with Gasteiger partial charge in [0.1, 0.15) is 6.61 Å². The van der Waals surface area contributed by atoms with Crippen LogP contribution in [0.15, 0.2) is 105 Å². The monoisotopic (exact) mass is 724 g/mol. The molecule has 202 valence electrons. The third kappa shape index (κ3) is 6.97. The Morgan fingerprint density at radius 2 is 1.70 bits per heavy atom. The lowest BCUT2D eigenvalue weighted by atomic mass is 10.1. The molecule has 4 aromatic carbocycles. The minimum absolute atomic E-state index is 0.0794. The summed E-state index contributed by atoms with van der Waals surface area (Å²) in [6.45, 7) is 2.90. The number of halogens is 2. The molecule has 1 aliphatic rings. The number of aryl methyl sites for hydroxylation is 1. The Hall–Kier alpha value is -3.08. The number of ether oxygens (including phenoxy) is 2. The zero-order valence-corrected chi connectivity index (χ0v) is 26.5. The van der Waals surface area contributed by atoms with Gasteiger partial charge in [0.15, 0.2) is 16.7 Å². The molecule has 1 fully saturated rings. The molecule has 5 nitrogen and oxygen atoms in total. The van der Waals surface area contributed by atoms with Gasteiger partial charge in [-0.15, -0.1) is 0 Å². The van der Waals surface area contributed by atoms with Gasteiger partial charge >= 0.3 is 0 Å². The van der Waals surface area contributed by atoms with E-state index in [1.807, 2.05) is 104 Å². The summed E-state index contributed by atoms with van der Waals surface area (Å²) >= 11 is 7.09. The predicted molar refractivity (Wildman–Crippen MR) is 175 cm³/mol. The van der Waals surface area contributed by atoms with Crippen molar-refractivity contribution < 1.29 is 14.3 Å². The zero-order valence-electron chi connectivity index (χ0n) is 21.9. The lowest BCUT2D eigenvalue weighted by Crippen LogP contribution is -2.28. The first kappa shape index (κ1) is 28.4. The highest BCUT2D eigenvalue weighted by atomic mass is 127. The Kier molecular flexibility index (Phi) is 9.29. The van der Waals surface area contributed by atoms with E-state index >= 15 is 0 Å². The fraction of sp³-hybridized carbons (Fsp3) is 0.125. The van der Waals surface area contributed by atoms with E-state index in [1.54, 1.807) is 12.0 Å². The molecule has 1 saturated heterocycles. The smallest absolute Gasteiger partial charge is 0.267 e. The molecule has 40 heavy (non-hydrogen) atoms. The summed E-state index contributed by atoms with van der Waals surface area (Å²) in [6.07, 6.45) is 1.89. The van der Waals surface area contributed by atoms with Gasteiger partial charge in [0.2, 0.25) is 0 Å². The maximum absolute atomic E-state index is 13.7. The van der Waals surface area contributed by atoms with Gasteiger partial charge in [-0.05, 0) is 100 Å². The fourth-order valence-corrected chi connectivity index (χ4v) is 6.12. The Bertz CT molecular complexity index is 1570. The minimum Gasteiger partial charge on any atom is -0.493 e. The number of nitrogens with zero attached hydrogens (tertiary/aromatic N) is 2. The maximum Gasteiger partial charge on any atom is 0.267 e. The quantitative estimate of drug-likeness (QED) is 0.135. The molecule has 0 aromatic heterocycles. The Balaban J connectivity index is 1.43. The minimum atomic E-state index is -0.0794. The second-order valence-corrected chi connectivity index (χ2v) is 12.3. The molecule has 0 atom stereocenters. The largest absolute Gasteiger partial charge is 0.493 e. The number of hydrogen-bond acceptors (Lipinski definition) is 5. The van der Waals surface area contributed by atoms with Crippen molar-refractivity contribution in [3.05, 3.63) is 126 Å². The molecule has 1 heterocycles. The molecule has 0 saturated carbocycles. The van der Waals surface area contributed by atoms with Crippen LogP contribution in [0.5, 0.6) is 11.5 Å². The third-order valence-corrected chi connectivity index (χ3v) is 8.51. The highest BCUT2D eigenvalue weighted by Crippen LogP contribution is 2.39. The van der Waals surface area contributed by atoms with Gasteiger partial charge in [0.05, 0.1) is 27.8 Å². The summed E-state index contributed by atoms with van der Waals surface area (Å²) in [7, 11) is 1.62. The number of thioether (sulfide) groups is 1. The van der Waals surface area contributed by atoms with Crippen molar-refractivity contribution in [2.24, 2.45) is 4.99 Å². The van der Waals surface area contributed by atoms with E-state index in [9.17, 15) is 4.79 Å². The van der Waals surface area contributed by atoms with Crippen LogP contribution in [0.1, 0.15) is 22.3 Å². The van der Waals surface area contributed by atoms with Crippen molar-refractivity contribution in [1.29, 1.82) is 0 Å². The van der Waals surface area contributed by atoms with Crippen molar-refractivity contribution in [3.8, 4) is 11.5 Å². The van der Waals surface area contributed by atoms with Crippen LogP contribution in [0.25, 0.3) is 6.08 Å². The average Bonchev–Trinajstić information content (AvgIpc) is 3.23. The summed E-state index contributed by atoms with van der Waals surface area (Å²) < 4.78 is 13.7. The molecule has 0 N–H and O–H groups in total. The molecule has 1 aliphatic heterocycles. The first-order chi connectivity index (χ1) is 19.4. The van der Waals surface area contributed by atoms with E-state index in [-0.39, 0.29) is 5.91 Å². The first-order valence-corrected chi connectivity index (χ1v) is 15.2. The molecular formula is C32H26BrIN2O3S. The van der Waals surface area contributed by atoms with Crippen molar-refractivity contribution in [3.63, 3.8) is 0 Å². The van der Waals surface area contributed by atoms with E-state index in [4.69, 9.17) is 14.5 Å². The Morgan fingerprint density at radius 3 is 2.40 bits per heavy atom. The van der Waals surface area contributed by atoms with Crippen LogP contribution in [0.4, 0.5) is 5.69 Å². The number of methoxy groups -OCH3 is 1. The van der Waals surface area contributed by atoms with Crippen LogP contribution >= 0.6 is 50.3 Å². The molecule has 5 rings (SSSR count). The third-order valence-electron chi connectivity index (χ3n) is 6.18. The van der Waals surface area contributed by atoms with Gasteiger partial charge < -0.3 is 9.47 Å². The Morgan fingerprint density at radius 1 is 0.975 bits per heavy atom. The Labute approximate surface area is 260 Å². The highest BCUT2D eigenvalue weighted by molar-refractivity contribution is 14.1. The van der Waals surface area contributed by atoms with Gasteiger partial charge in [-0.3, -0.25) is 9.69 Å². The van der Waals surface area contributed by atoms with Crippen LogP contribution in [0.3, 0.4) is 0 Å². The maximum atomic E-state index is 13.7. The van der Waals surface area contributed by atoms with Gasteiger partial charge in [-0.25, -0.2) is 4.99 Å². The zero-order chi connectivity index (χ0) is 28.1. The topological polar surface area (TPSA) is 51.1 Å². The van der Waals surface area contributed by atoms with E-state index in [1.165, 1.54) is 11.8 Å². The molecule has 0 aliphatic carbocycles. The molecule has 8 heteroatoms. The van der Waals surface area contributed by atoms with E-state index in [0.717, 1.165) is 36.0 Å². The predicted octanol–water partition coefficient (Wildman–Crippen LogP) is 8.75. The molecule has 0 unspecified atom stereocenters. The van der Waals surface area contributed by atoms with Gasteiger partial charge in [-0.2, -0.15) is 0 Å². The first-order valence-electron chi connectivity index (χ1n) is 12.5. The van der Waals surface area contributed by atoms with Crippen molar-refractivity contribution >= 4 is 73.1 Å². The number of rotatable bonds is 8. The van der Waals surface area contributed by atoms with Gasteiger partial charge in [-0.1, -0.05) is 76.1 Å². The average molecular weight is 725 g/mol. The van der Waals surface area contributed by atoms with Crippen LogP contribution < -0.4 is 9.47 Å². The van der Waals surface area contributed by atoms with Crippen LogP contribution in [-0.2, 0) is 17.9 Å². The molecule has 1 amide bonds. The molecule has 0 radical (unpaired) electrons. The fourth-order valence-electron chi connectivity index (χ4n) is 4.08. The van der Waals surface area contributed by atoms with Crippen molar-refractivity contribution in [2.45, 2.75) is 20.1 Å². The number of amidine groups is 1. The van der Waals surface area contributed by atoms with E-state index < -0.39 is 0 Å². The standard InChI is InChI=1S/C32H26BrIN2O3S/c1-21-8-14-26(15-9-21)35-32-36(19-22-6-4-3-5-7-22)31(37)29(40-32)18-24-16-27(34)30(28(17-24)38-2)39-20-23-10-12-25(33)13-11-23/h3-18H,19-20H2,1-2H3/b29-18+,35-32?. The van der Waals surface area contributed by atoms with Gasteiger partial charge in [0, 0.05) is 4.47 Å². The normalized spacial score (nSPS) is 15.2. The SMILES string of the molecule is COc1cc(/C=C2/SC(=Nc3ccc(C)cc3)N(Cc3ccccc3)C2=O)cc(I)c1OCc1ccc(Br)cc1. The second-order valence-electron chi connectivity index (χ2n) is 9.17. The number of carbonyl (C=O) groups is 1. The van der Waals surface area contributed by atoms with Gasteiger partial charge in [0.25, 0.3) is 5.91 Å². The van der Waals surface area contributed by atoms with Crippen LogP contribution in [0.2, 0.25) is 0 Å². The van der Waals surface area contributed by atoms with Crippen molar-refractivity contribution in [2.75, 3.05) is 7.11 Å². The van der Waals surface area contributed by atoms with E-state index in [2.05, 4.69) is 38.5 Å². The van der Waals surface area contributed by atoms with Crippen LogP contribution in [-0.4, -0.2) is 23.1 Å². The number of amides is 1. The summed E-state index contributed by atoms with van der Waals surface area (Å²) in [6, 6.07) is 29.8. The summed E-state index contributed by atoms with van der Waals surface area (Å²) in [5.74, 6) is 1.20. The molecule has 4 aromatic rings. The van der Waals surface area contributed by atoms with Crippen molar-refractivity contribution in [1.82, 2.24) is 4.90 Å². The highest BCUT2D eigenvalue weighted by Gasteiger charge is 2.33. The number of aliphatic imine (C=N–C) groups is 1. The summed E-state index contributed by atoms with van der Waals surface area (Å²) in [4.78, 5) is 20.8. The van der Waals surface area contributed by atoms with E-state index in [0.29, 0.717) is 34.7 Å². The van der Waals surface area contributed by atoms with Crippen LogP contribution in [0, 0.1) is 10.5 Å². The lowest BCUT2D eigenvalue weighted by Gasteiger charge is -2.15. The summed E-state index contributed by atoms with van der Waals surface area (Å²) in [5.41, 5.74) is 4.92. The molecule has 0 spiro atoms. The number of benzene rings is 4. The number of hydrogen-bond donors (Lipinski definition) is 0. The second kappa shape index (κ2) is 13.1. The molecular weight excluding hydrogens is 699 g/mol. The number of carbonyl (C=O) groups excluding carboxylic acids is 1. The summed E-state index contributed by atoms with van der Waals surface area (Å²) in [5, 5.41) is 0.653. The molecule has 0 bridgehead atoms. The lowest BCUT2D eigenvalue weighted by molar-refractivity contribution is -0.122.